The third-order valence-corrected chi connectivity index (χ3v) is 8.31. The molecular formula is C28H22N2O2S2. The molecule has 1 N–H and O–H groups in total. The summed E-state index contributed by atoms with van der Waals surface area (Å²) in [6, 6.07) is 25.4. The SMILES string of the molecule is O=C1CC(c2ccccc2)CC2=C1C(c1cccs1)N(C(=O)c1cccs1)c1ccccc1N2. The standard InChI is InChI=1S/C28H22N2O2S2/c31-23-17-19(18-8-2-1-3-9-18)16-21-26(23)27(24-12-6-14-33-24)30(28(32)25-13-7-15-34-25)22-11-5-4-10-20(22)29-21/h1-15,19,27,29H,16-17H2. The monoisotopic (exact) mass is 482 g/mol. The lowest BCUT2D eigenvalue weighted by atomic mass is 9.79. The number of nitrogens with zero attached hydrogens (tertiary/aromatic N) is 1. The van der Waals surface area contributed by atoms with Crippen LogP contribution in [-0.4, -0.2) is 11.7 Å². The molecule has 1 aliphatic heterocycles. The maximum absolute atomic E-state index is 13.9. The molecule has 2 aliphatic rings. The average molecular weight is 483 g/mol. The van der Waals surface area contributed by atoms with Crippen molar-refractivity contribution in [3.8, 4) is 0 Å². The summed E-state index contributed by atoms with van der Waals surface area (Å²) < 4.78 is 0. The molecule has 4 nitrogen and oxygen atoms in total. The van der Waals surface area contributed by atoms with Crippen LogP contribution in [0.2, 0.25) is 0 Å². The molecule has 1 amide bonds. The number of Topliss-reactive ketones (excluding diaryl/α,β-unsaturated/α-hetero) is 1. The minimum absolute atomic E-state index is 0.0885. The Morgan fingerprint density at radius 1 is 0.853 bits per heavy atom. The molecule has 1 aliphatic carbocycles. The van der Waals surface area contributed by atoms with Crippen LogP contribution in [0.4, 0.5) is 11.4 Å². The number of hydrogen-bond acceptors (Lipinski definition) is 5. The topological polar surface area (TPSA) is 49.4 Å². The van der Waals surface area contributed by atoms with E-state index in [-0.39, 0.29) is 17.6 Å². The van der Waals surface area contributed by atoms with Gasteiger partial charge in [0.05, 0.1) is 16.3 Å². The van der Waals surface area contributed by atoms with Gasteiger partial charge < -0.3 is 5.32 Å². The number of carbonyl (C=O) groups is 2. The molecule has 0 radical (unpaired) electrons. The van der Waals surface area contributed by atoms with E-state index in [1.54, 1.807) is 11.3 Å². The maximum atomic E-state index is 13.9. The van der Waals surface area contributed by atoms with E-state index in [1.807, 2.05) is 82.4 Å². The molecule has 2 aromatic carbocycles. The second-order valence-electron chi connectivity index (χ2n) is 8.54. The van der Waals surface area contributed by atoms with Crippen molar-refractivity contribution in [1.29, 1.82) is 0 Å². The lowest BCUT2D eigenvalue weighted by molar-refractivity contribution is -0.116. The number of rotatable bonds is 3. The largest absolute Gasteiger partial charge is 0.357 e. The van der Waals surface area contributed by atoms with Crippen LogP contribution in [0.1, 0.15) is 44.9 Å². The van der Waals surface area contributed by atoms with Gasteiger partial charge in [-0.2, -0.15) is 0 Å². The highest BCUT2D eigenvalue weighted by Gasteiger charge is 2.42. The first kappa shape index (κ1) is 21.1. The van der Waals surface area contributed by atoms with Crippen LogP contribution in [0.3, 0.4) is 0 Å². The Kier molecular flexibility index (Phi) is 5.40. The highest BCUT2D eigenvalue weighted by atomic mass is 32.1. The first-order valence-corrected chi connectivity index (χ1v) is 13.0. The van der Waals surface area contributed by atoms with E-state index < -0.39 is 6.04 Å². The Labute approximate surface area is 206 Å². The van der Waals surface area contributed by atoms with Gasteiger partial charge >= 0.3 is 0 Å². The number of benzene rings is 2. The van der Waals surface area contributed by atoms with Crippen molar-refractivity contribution in [1.82, 2.24) is 0 Å². The molecule has 3 heterocycles. The fourth-order valence-corrected chi connectivity index (χ4v) is 6.49. The van der Waals surface area contributed by atoms with Crippen LogP contribution in [0.15, 0.2) is 101 Å². The molecular weight excluding hydrogens is 460 g/mol. The van der Waals surface area contributed by atoms with Gasteiger partial charge in [-0.1, -0.05) is 54.6 Å². The maximum Gasteiger partial charge on any atom is 0.269 e. The second-order valence-corrected chi connectivity index (χ2v) is 10.5. The Bertz CT molecular complexity index is 1380. The van der Waals surface area contributed by atoms with Gasteiger partial charge in [0.2, 0.25) is 0 Å². The smallest absolute Gasteiger partial charge is 0.269 e. The van der Waals surface area contributed by atoms with E-state index >= 15 is 0 Å². The van der Waals surface area contributed by atoms with E-state index in [0.717, 1.165) is 28.4 Å². The zero-order valence-corrected chi connectivity index (χ0v) is 19.9. The van der Waals surface area contributed by atoms with Gasteiger partial charge in [-0.25, -0.2) is 0 Å². The van der Waals surface area contributed by atoms with Gasteiger partial charge in [-0.15, -0.1) is 22.7 Å². The number of anilines is 2. The highest BCUT2D eigenvalue weighted by Crippen LogP contribution is 2.48. The molecule has 2 aromatic heterocycles. The third kappa shape index (κ3) is 3.59. The van der Waals surface area contributed by atoms with Crippen LogP contribution in [0.25, 0.3) is 0 Å². The number of amides is 1. The molecule has 0 spiro atoms. The Morgan fingerprint density at radius 3 is 2.38 bits per heavy atom. The minimum atomic E-state index is -0.468. The Balaban J connectivity index is 1.55. The minimum Gasteiger partial charge on any atom is -0.357 e. The van der Waals surface area contributed by atoms with Gasteiger partial charge in [0.15, 0.2) is 5.78 Å². The first-order chi connectivity index (χ1) is 16.7. The number of allylic oxidation sites excluding steroid dienone is 1. The summed E-state index contributed by atoms with van der Waals surface area (Å²) in [7, 11) is 0. The van der Waals surface area contributed by atoms with E-state index in [2.05, 4.69) is 17.4 Å². The fraction of sp³-hybridized carbons (Fsp3) is 0.143. The Hall–Kier alpha value is -3.48. The molecule has 0 fully saturated rings. The van der Waals surface area contributed by atoms with E-state index in [9.17, 15) is 9.59 Å². The molecule has 2 atom stereocenters. The van der Waals surface area contributed by atoms with Crippen molar-refractivity contribution in [2.24, 2.45) is 0 Å². The van der Waals surface area contributed by atoms with Crippen molar-refractivity contribution < 1.29 is 9.59 Å². The summed E-state index contributed by atoms with van der Waals surface area (Å²) in [5, 5.41) is 7.51. The molecule has 6 rings (SSSR count). The summed E-state index contributed by atoms with van der Waals surface area (Å²) >= 11 is 3.01. The van der Waals surface area contributed by atoms with Gasteiger partial charge in [0.1, 0.15) is 6.04 Å². The fourth-order valence-electron chi connectivity index (χ4n) is 5.01. The van der Waals surface area contributed by atoms with Crippen LogP contribution >= 0.6 is 22.7 Å². The Morgan fingerprint density at radius 2 is 1.62 bits per heavy atom. The van der Waals surface area contributed by atoms with Crippen molar-refractivity contribution in [3.63, 3.8) is 0 Å². The first-order valence-electron chi connectivity index (χ1n) is 11.3. The normalized spacial score (nSPS) is 19.8. The van der Waals surface area contributed by atoms with Crippen LogP contribution in [0, 0.1) is 0 Å². The number of ketones is 1. The lowest BCUT2D eigenvalue weighted by Crippen LogP contribution is -2.37. The molecule has 34 heavy (non-hydrogen) atoms. The predicted molar refractivity (Wildman–Crippen MR) is 139 cm³/mol. The number of carbonyl (C=O) groups excluding carboxylic acids is 2. The second kappa shape index (κ2) is 8.70. The quantitative estimate of drug-likeness (QED) is 0.341. The van der Waals surface area contributed by atoms with Crippen molar-refractivity contribution >= 4 is 45.7 Å². The number of para-hydroxylation sites is 2. The molecule has 0 saturated carbocycles. The summed E-state index contributed by atoms with van der Waals surface area (Å²) in [5.74, 6) is 0.114. The van der Waals surface area contributed by atoms with Crippen molar-refractivity contribution in [2.75, 3.05) is 10.2 Å². The third-order valence-electron chi connectivity index (χ3n) is 6.52. The van der Waals surface area contributed by atoms with E-state index in [1.165, 1.54) is 16.9 Å². The molecule has 0 bridgehead atoms. The molecule has 2 unspecified atom stereocenters. The van der Waals surface area contributed by atoms with Gasteiger partial charge in [-0.05, 0) is 52.9 Å². The highest BCUT2D eigenvalue weighted by molar-refractivity contribution is 7.12. The average Bonchev–Trinajstić information content (AvgIpc) is 3.57. The van der Waals surface area contributed by atoms with Crippen LogP contribution < -0.4 is 10.2 Å². The van der Waals surface area contributed by atoms with E-state index in [4.69, 9.17) is 0 Å². The summed E-state index contributed by atoms with van der Waals surface area (Å²) in [4.78, 5) is 31.2. The van der Waals surface area contributed by atoms with Crippen molar-refractivity contribution in [2.45, 2.75) is 24.8 Å². The molecule has 168 valence electrons. The summed E-state index contributed by atoms with van der Waals surface area (Å²) in [5.41, 5.74) is 4.42. The lowest BCUT2D eigenvalue weighted by Gasteiger charge is -2.34. The van der Waals surface area contributed by atoms with Crippen molar-refractivity contribution in [3.05, 3.63) is 116 Å². The molecule has 6 heteroatoms. The van der Waals surface area contributed by atoms with Crippen LogP contribution in [-0.2, 0) is 4.79 Å². The number of fused-ring (bicyclic) bond motifs is 1. The van der Waals surface area contributed by atoms with Crippen LogP contribution in [0.5, 0.6) is 0 Å². The van der Waals surface area contributed by atoms with Gasteiger partial charge in [0.25, 0.3) is 5.91 Å². The number of thiophene rings is 2. The number of nitrogens with one attached hydrogen (secondary N) is 1. The zero-order chi connectivity index (χ0) is 23.1. The number of hydrogen-bond donors (Lipinski definition) is 1. The summed E-state index contributed by atoms with van der Waals surface area (Å²) in [6.45, 7) is 0. The zero-order valence-electron chi connectivity index (χ0n) is 18.3. The van der Waals surface area contributed by atoms with E-state index in [0.29, 0.717) is 16.9 Å². The van der Waals surface area contributed by atoms with Gasteiger partial charge in [-0.3, -0.25) is 14.5 Å². The van der Waals surface area contributed by atoms with Gasteiger partial charge in [0, 0.05) is 22.6 Å². The molecule has 4 aromatic rings. The summed E-state index contributed by atoms with van der Waals surface area (Å²) in [6.07, 6.45) is 1.16. The predicted octanol–water partition coefficient (Wildman–Crippen LogP) is 7.02. The molecule has 0 saturated heterocycles.